The molecular weight excluding hydrogens is 396 g/mol. The van der Waals surface area contributed by atoms with Crippen LogP contribution in [0.2, 0.25) is 5.02 Å². The molecule has 0 spiro atoms. The Balaban J connectivity index is 1.86. The molecule has 1 atom stereocenters. The molecule has 1 aliphatic carbocycles. The molecule has 1 saturated heterocycles. The Kier molecular flexibility index (Phi) is 7.29. The van der Waals surface area contributed by atoms with Crippen LogP contribution in [0, 0.1) is 0 Å². The summed E-state index contributed by atoms with van der Waals surface area (Å²) in [5.74, 6) is -0.548. The SMILES string of the molecule is CCOC(=O)[C@@H](NC(=O)c1nc(N2CCCC2)ncc1Cl)C1(OCC)CCCC1. The highest BCUT2D eigenvalue weighted by atomic mass is 35.5. The lowest BCUT2D eigenvalue weighted by Gasteiger charge is -2.36. The Morgan fingerprint density at radius 3 is 2.52 bits per heavy atom. The number of aromatic nitrogens is 2. The number of esters is 1. The van der Waals surface area contributed by atoms with Crippen LogP contribution in [0.15, 0.2) is 6.20 Å². The van der Waals surface area contributed by atoms with Crippen molar-refractivity contribution in [2.24, 2.45) is 0 Å². The van der Waals surface area contributed by atoms with Crippen LogP contribution in [0.5, 0.6) is 0 Å². The van der Waals surface area contributed by atoms with E-state index in [-0.39, 0.29) is 17.3 Å². The van der Waals surface area contributed by atoms with Crippen molar-refractivity contribution >= 4 is 29.4 Å². The summed E-state index contributed by atoms with van der Waals surface area (Å²) in [6, 6.07) is -0.918. The molecule has 8 nitrogen and oxygen atoms in total. The van der Waals surface area contributed by atoms with E-state index in [0.29, 0.717) is 25.4 Å². The zero-order chi connectivity index (χ0) is 20.9. The molecule has 0 aromatic carbocycles. The van der Waals surface area contributed by atoms with Crippen LogP contribution in [0.3, 0.4) is 0 Å². The van der Waals surface area contributed by atoms with Gasteiger partial charge >= 0.3 is 5.97 Å². The molecule has 160 valence electrons. The molecule has 0 radical (unpaired) electrons. The van der Waals surface area contributed by atoms with E-state index < -0.39 is 23.5 Å². The molecule has 0 unspecified atom stereocenters. The van der Waals surface area contributed by atoms with Crippen molar-refractivity contribution in [3.63, 3.8) is 0 Å². The van der Waals surface area contributed by atoms with Gasteiger partial charge in [0.15, 0.2) is 11.7 Å². The molecule has 1 aromatic rings. The van der Waals surface area contributed by atoms with Gasteiger partial charge in [-0.25, -0.2) is 14.8 Å². The smallest absolute Gasteiger partial charge is 0.331 e. The fraction of sp³-hybridized carbons (Fsp3) is 0.700. The van der Waals surface area contributed by atoms with Gasteiger partial charge in [-0.05, 0) is 39.5 Å². The number of carbonyl (C=O) groups is 2. The number of ether oxygens (including phenoxy) is 2. The van der Waals surface area contributed by atoms with Gasteiger partial charge in [0.2, 0.25) is 5.95 Å². The lowest BCUT2D eigenvalue weighted by molar-refractivity contribution is -0.156. The molecule has 9 heteroatoms. The van der Waals surface area contributed by atoms with Crippen molar-refractivity contribution in [2.75, 3.05) is 31.2 Å². The summed E-state index contributed by atoms with van der Waals surface area (Å²) in [7, 11) is 0. The first-order valence-electron chi connectivity index (χ1n) is 10.4. The Bertz CT molecular complexity index is 733. The van der Waals surface area contributed by atoms with Gasteiger partial charge < -0.3 is 19.7 Å². The number of hydrogen-bond acceptors (Lipinski definition) is 7. The van der Waals surface area contributed by atoms with Crippen molar-refractivity contribution in [2.45, 2.75) is 64.0 Å². The van der Waals surface area contributed by atoms with E-state index in [2.05, 4.69) is 15.3 Å². The van der Waals surface area contributed by atoms with Gasteiger partial charge in [0, 0.05) is 19.7 Å². The Labute approximate surface area is 176 Å². The monoisotopic (exact) mass is 424 g/mol. The zero-order valence-electron chi connectivity index (χ0n) is 17.1. The maximum Gasteiger partial charge on any atom is 0.331 e. The predicted molar refractivity (Wildman–Crippen MR) is 109 cm³/mol. The third-order valence-corrected chi connectivity index (χ3v) is 5.82. The number of hydrogen-bond donors (Lipinski definition) is 1. The minimum Gasteiger partial charge on any atom is -0.464 e. The van der Waals surface area contributed by atoms with Gasteiger partial charge in [0.1, 0.15) is 0 Å². The topological polar surface area (TPSA) is 93.6 Å². The van der Waals surface area contributed by atoms with Crippen molar-refractivity contribution in [1.29, 1.82) is 0 Å². The first kappa shape index (κ1) is 21.8. The first-order valence-corrected chi connectivity index (χ1v) is 10.8. The van der Waals surface area contributed by atoms with E-state index in [0.717, 1.165) is 38.8 Å². The number of nitrogens with one attached hydrogen (secondary N) is 1. The van der Waals surface area contributed by atoms with E-state index in [1.807, 2.05) is 11.8 Å². The van der Waals surface area contributed by atoms with Crippen LogP contribution < -0.4 is 10.2 Å². The maximum atomic E-state index is 13.1. The van der Waals surface area contributed by atoms with E-state index in [4.69, 9.17) is 21.1 Å². The number of halogens is 1. The van der Waals surface area contributed by atoms with Crippen molar-refractivity contribution < 1.29 is 19.1 Å². The number of rotatable bonds is 8. The highest BCUT2D eigenvalue weighted by Crippen LogP contribution is 2.37. The Morgan fingerprint density at radius 2 is 1.90 bits per heavy atom. The molecule has 1 aromatic heterocycles. The summed E-state index contributed by atoms with van der Waals surface area (Å²) in [6.07, 6.45) is 6.79. The van der Waals surface area contributed by atoms with Gasteiger partial charge in [0.05, 0.1) is 23.4 Å². The highest BCUT2D eigenvalue weighted by molar-refractivity contribution is 6.33. The fourth-order valence-electron chi connectivity index (χ4n) is 4.19. The lowest BCUT2D eigenvalue weighted by atomic mass is 9.91. The summed E-state index contributed by atoms with van der Waals surface area (Å²) in [6.45, 7) is 5.99. The van der Waals surface area contributed by atoms with Crippen LogP contribution >= 0.6 is 11.6 Å². The standard InChI is InChI=1S/C20H29ClN4O4/c1-3-28-18(27)16(20(29-4-2)9-5-6-10-20)24-17(26)15-14(21)13-22-19(23-15)25-11-7-8-12-25/h13,16H,3-12H2,1-2H3,(H,24,26)/t16-/m1/s1. The number of nitrogens with zero attached hydrogens (tertiary/aromatic N) is 3. The lowest BCUT2D eigenvalue weighted by Crippen LogP contribution is -2.58. The number of anilines is 1. The van der Waals surface area contributed by atoms with Crippen molar-refractivity contribution in [3.8, 4) is 0 Å². The minimum absolute atomic E-state index is 0.0579. The van der Waals surface area contributed by atoms with Gasteiger partial charge in [-0.1, -0.05) is 24.4 Å². The molecule has 1 N–H and O–H groups in total. The number of amides is 1. The van der Waals surface area contributed by atoms with Crippen molar-refractivity contribution in [3.05, 3.63) is 16.9 Å². The highest BCUT2D eigenvalue weighted by Gasteiger charge is 2.48. The van der Waals surface area contributed by atoms with Crippen molar-refractivity contribution in [1.82, 2.24) is 15.3 Å². The molecule has 2 heterocycles. The minimum atomic E-state index is -0.918. The average Bonchev–Trinajstić information content (AvgIpc) is 3.39. The summed E-state index contributed by atoms with van der Waals surface area (Å²) < 4.78 is 11.3. The van der Waals surface area contributed by atoms with E-state index in [1.165, 1.54) is 6.20 Å². The summed E-state index contributed by atoms with van der Waals surface area (Å²) in [5.41, 5.74) is -0.712. The van der Waals surface area contributed by atoms with Crippen LogP contribution in [0.1, 0.15) is 62.9 Å². The second kappa shape index (κ2) is 9.71. The molecule has 29 heavy (non-hydrogen) atoms. The van der Waals surface area contributed by atoms with E-state index >= 15 is 0 Å². The normalized spacial score (nSPS) is 19.2. The maximum absolute atomic E-state index is 13.1. The third kappa shape index (κ3) is 4.80. The van der Waals surface area contributed by atoms with Gasteiger partial charge in [0.25, 0.3) is 5.91 Å². The summed E-state index contributed by atoms with van der Waals surface area (Å²) >= 11 is 6.23. The fourth-order valence-corrected chi connectivity index (χ4v) is 4.37. The van der Waals surface area contributed by atoms with Crippen LogP contribution in [-0.2, 0) is 14.3 Å². The second-order valence-corrected chi connectivity index (χ2v) is 7.83. The molecule has 1 aliphatic heterocycles. The molecule has 0 bridgehead atoms. The van der Waals surface area contributed by atoms with E-state index in [1.54, 1.807) is 6.92 Å². The summed E-state index contributed by atoms with van der Waals surface area (Å²) in [5, 5.41) is 2.96. The molecule has 2 aliphatic rings. The Morgan fingerprint density at radius 1 is 1.21 bits per heavy atom. The third-order valence-electron chi connectivity index (χ3n) is 5.54. The molecule has 3 rings (SSSR count). The largest absolute Gasteiger partial charge is 0.464 e. The number of carbonyl (C=O) groups excluding carboxylic acids is 2. The molecule has 1 saturated carbocycles. The molecular formula is C20H29ClN4O4. The predicted octanol–water partition coefficient (Wildman–Crippen LogP) is 2.74. The van der Waals surface area contributed by atoms with Crippen LogP contribution in [0.4, 0.5) is 5.95 Å². The van der Waals surface area contributed by atoms with Gasteiger partial charge in [-0.3, -0.25) is 4.79 Å². The van der Waals surface area contributed by atoms with Gasteiger partial charge in [-0.15, -0.1) is 0 Å². The van der Waals surface area contributed by atoms with Crippen LogP contribution in [0.25, 0.3) is 0 Å². The van der Waals surface area contributed by atoms with Crippen LogP contribution in [-0.4, -0.2) is 59.8 Å². The Hall–Kier alpha value is -1.93. The summed E-state index contributed by atoms with van der Waals surface area (Å²) in [4.78, 5) is 36.5. The second-order valence-electron chi connectivity index (χ2n) is 7.42. The first-order chi connectivity index (χ1) is 14.0. The molecule has 1 amide bonds. The zero-order valence-corrected chi connectivity index (χ0v) is 17.8. The quantitative estimate of drug-likeness (QED) is 0.641. The van der Waals surface area contributed by atoms with Gasteiger partial charge in [-0.2, -0.15) is 0 Å². The average molecular weight is 425 g/mol. The van der Waals surface area contributed by atoms with E-state index in [9.17, 15) is 9.59 Å². The molecule has 2 fully saturated rings.